The van der Waals surface area contributed by atoms with Crippen LogP contribution in [0.4, 0.5) is 5.82 Å². The van der Waals surface area contributed by atoms with E-state index < -0.39 is 0 Å². The summed E-state index contributed by atoms with van der Waals surface area (Å²) in [6.45, 7) is 0.709. The van der Waals surface area contributed by atoms with Gasteiger partial charge in [-0.2, -0.15) is 0 Å². The summed E-state index contributed by atoms with van der Waals surface area (Å²) in [5.74, 6) is 0.464. The molecule has 4 N–H and O–H groups in total. The Bertz CT molecular complexity index is 588. The lowest BCUT2D eigenvalue weighted by Gasteiger charge is -2.36. The van der Waals surface area contributed by atoms with E-state index in [2.05, 4.69) is 22.1 Å². The average molecular weight is 256 g/mol. The predicted molar refractivity (Wildman–Crippen MR) is 77.8 cm³/mol. The zero-order valence-electron chi connectivity index (χ0n) is 11.1. The topological polar surface area (TPSA) is 77.8 Å². The van der Waals surface area contributed by atoms with Crippen molar-refractivity contribution in [3.05, 3.63) is 30.0 Å². The van der Waals surface area contributed by atoms with Crippen LogP contribution >= 0.6 is 0 Å². The molecule has 1 aromatic heterocycles. The van der Waals surface area contributed by atoms with Gasteiger partial charge < -0.3 is 11.5 Å². The third kappa shape index (κ3) is 2.16. The number of benzene rings is 1. The minimum atomic E-state index is 0.134. The Morgan fingerprint density at radius 1 is 1.11 bits per heavy atom. The maximum Gasteiger partial charge on any atom is 0.142 e. The fraction of sp³-hybridized carbons (Fsp3) is 0.467. The molecule has 1 fully saturated rings. The van der Waals surface area contributed by atoms with Crippen molar-refractivity contribution in [2.24, 2.45) is 5.73 Å². The molecular weight excluding hydrogens is 236 g/mol. The van der Waals surface area contributed by atoms with Crippen LogP contribution in [0.15, 0.2) is 24.4 Å². The Hall–Kier alpha value is -1.68. The molecular formula is C15H20N4. The second-order valence-corrected chi connectivity index (χ2v) is 5.54. The second-order valence-electron chi connectivity index (χ2n) is 5.54. The molecule has 0 spiro atoms. The van der Waals surface area contributed by atoms with E-state index in [4.69, 9.17) is 11.5 Å². The van der Waals surface area contributed by atoms with E-state index in [1.54, 1.807) is 6.20 Å². The molecule has 2 aromatic rings. The Balaban J connectivity index is 2.06. The van der Waals surface area contributed by atoms with Crippen molar-refractivity contribution in [1.29, 1.82) is 0 Å². The van der Waals surface area contributed by atoms with Gasteiger partial charge in [0.05, 0.1) is 17.2 Å². The van der Waals surface area contributed by atoms with Crippen molar-refractivity contribution in [3.8, 4) is 0 Å². The highest BCUT2D eigenvalue weighted by Gasteiger charge is 2.32. The number of hydrogen-bond acceptors (Lipinski definition) is 4. The van der Waals surface area contributed by atoms with E-state index in [9.17, 15) is 0 Å². The zero-order chi connectivity index (χ0) is 13.3. The summed E-state index contributed by atoms with van der Waals surface area (Å²) in [5, 5.41) is 0. The summed E-state index contributed by atoms with van der Waals surface area (Å²) >= 11 is 0. The number of nitrogens with zero attached hydrogens (tertiary/aromatic N) is 2. The molecule has 19 heavy (non-hydrogen) atoms. The molecule has 1 saturated carbocycles. The van der Waals surface area contributed by atoms with Crippen molar-refractivity contribution in [3.63, 3.8) is 0 Å². The molecule has 4 nitrogen and oxygen atoms in total. The number of hydrogen-bond donors (Lipinski definition) is 2. The van der Waals surface area contributed by atoms with Crippen LogP contribution in [0.1, 0.15) is 37.7 Å². The first-order valence-electron chi connectivity index (χ1n) is 6.96. The molecule has 4 heteroatoms. The number of rotatable bonds is 2. The number of nitrogens with two attached hydrogens (primary N) is 2. The van der Waals surface area contributed by atoms with E-state index in [-0.39, 0.29) is 5.41 Å². The van der Waals surface area contributed by atoms with E-state index in [1.165, 1.54) is 37.7 Å². The van der Waals surface area contributed by atoms with Crippen LogP contribution in [0.5, 0.6) is 0 Å². The maximum atomic E-state index is 6.08. The largest absolute Gasteiger partial charge is 0.382 e. The van der Waals surface area contributed by atoms with E-state index in [1.807, 2.05) is 6.07 Å². The highest BCUT2D eigenvalue weighted by Crippen LogP contribution is 2.39. The predicted octanol–water partition coefficient (Wildman–Crippen LogP) is 2.37. The molecule has 0 atom stereocenters. The molecule has 1 aliphatic carbocycles. The van der Waals surface area contributed by atoms with Crippen LogP contribution in [-0.4, -0.2) is 16.5 Å². The molecule has 0 bridgehead atoms. The molecule has 100 valence electrons. The van der Waals surface area contributed by atoms with Gasteiger partial charge in [0.1, 0.15) is 5.82 Å². The van der Waals surface area contributed by atoms with Gasteiger partial charge in [0.25, 0.3) is 0 Å². The normalized spacial score (nSPS) is 18.6. The van der Waals surface area contributed by atoms with Crippen LogP contribution in [0.3, 0.4) is 0 Å². The molecule has 1 aliphatic rings. The summed E-state index contributed by atoms with van der Waals surface area (Å²) in [4.78, 5) is 8.67. The Morgan fingerprint density at radius 3 is 2.63 bits per heavy atom. The quantitative estimate of drug-likeness (QED) is 0.864. The number of fused-ring (bicyclic) bond motifs is 1. The fourth-order valence-corrected chi connectivity index (χ4v) is 3.19. The SMILES string of the molecule is NCC1(c2ccc3nc(N)cnc3c2)CCCCC1. The first kappa shape index (κ1) is 12.4. The minimum absolute atomic E-state index is 0.134. The van der Waals surface area contributed by atoms with E-state index in [0.717, 1.165) is 11.0 Å². The van der Waals surface area contributed by atoms with Gasteiger partial charge in [-0.15, -0.1) is 0 Å². The van der Waals surface area contributed by atoms with Crippen LogP contribution in [0, 0.1) is 0 Å². The molecule has 1 aromatic carbocycles. The van der Waals surface area contributed by atoms with Gasteiger partial charge in [-0.25, -0.2) is 4.98 Å². The Labute approximate surface area is 113 Å². The first-order chi connectivity index (χ1) is 9.23. The summed E-state index contributed by atoms with van der Waals surface area (Å²) in [7, 11) is 0. The van der Waals surface area contributed by atoms with Gasteiger partial charge in [0.15, 0.2) is 0 Å². The van der Waals surface area contributed by atoms with Crippen LogP contribution in [0.2, 0.25) is 0 Å². The van der Waals surface area contributed by atoms with Crippen LogP contribution in [-0.2, 0) is 5.41 Å². The molecule has 3 rings (SSSR count). The summed E-state index contributed by atoms with van der Waals surface area (Å²) in [5.41, 5.74) is 14.9. The average Bonchev–Trinajstić information content (AvgIpc) is 2.47. The van der Waals surface area contributed by atoms with Crippen LogP contribution < -0.4 is 11.5 Å². The lowest BCUT2D eigenvalue weighted by Crippen LogP contribution is -2.37. The first-order valence-corrected chi connectivity index (χ1v) is 6.96. The van der Waals surface area contributed by atoms with Crippen molar-refractivity contribution in [2.45, 2.75) is 37.5 Å². The van der Waals surface area contributed by atoms with Crippen molar-refractivity contribution in [2.75, 3.05) is 12.3 Å². The lowest BCUT2D eigenvalue weighted by atomic mass is 9.69. The van der Waals surface area contributed by atoms with Crippen molar-refractivity contribution in [1.82, 2.24) is 9.97 Å². The second kappa shape index (κ2) is 4.78. The lowest BCUT2D eigenvalue weighted by molar-refractivity contribution is 0.301. The van der Waals surface area contributed by atoms with Crippen molar-refractivity contribution >= 4 is 16.9 Å². The van der Waals surface area contributed by atoms with Gasteiger partial charge in [-0.3, -0.25) is 4.98 Å². The van der Waals surface area contributed by atoms with Gasteiger partial charge in [-0.1, -0.05) is 25.3 Å². The van der Waals surface area contributed by atoms with E-state index in [0.29, 0.717) is 12.4 Å². The monoisotopic (exact) mass is 256 g/mol. The maximum absolute atomic E-state index is 6.08. The summed E-state index contributed by atoms with van der Waals surface area (Å²) in [6.07, 6.45) is 7.83. The number of aromatic nitrogens is 2. The third-order valence-electron chi connectivity index (χ3n) is 4.37. The van der Waals surface area contributed by atoms with Crippen LogP contribution in [0.25, 0.3) is 11.0 Å². The highest BCUT2D eigenvalue weighted by atomic mass is 14.9. The number of nitrogen functional groups attached to an aromatic ring is 1. The third-order valence-corrected chi connectivity index (χ3v) is 4.37. The van der Waals surface area contributed by atoms with Gasteiger partial charge >= 0.3 is 0 Å². The molecule has 0 aliphatic heterocycles. The Kier molecular flexibility index (Phi) is 3.11. The summed E-state index contributed by atoms with van der Waals surface area (Å²) < 4.78 is 0. The van der Waals surface area contributed by atoms with Crippen molar-refractivity contribution < 1.29 is 0 Å². The van der Waals surface area contributed by atoms with Gasteiger partial charge in [0, 0.05) is 12.0 Å². The highest BCUT2D eigenvalue weighted by molar-refractivity contribution is 5.76. The molecule has 0 radical (unpaired) electrons. The van der Waals surface area contributed by atoms with Gasteiger partial charge in [0.2, 0.25) is 0 Å². The fourth-order valence-electron chi connectivity index (χ4n) is 3.19. The summed E-state index contributed by atoms with van der Waals surface area (Å²) in [6, 6.07) is 6.30. The van der Waals surface area contributed by atoms with Gasteiger partial charge in [-0.05, 0) is 30.5 Å². The Morgan fingerprint density at radius 2 is 1.89 bits per heavy atom. The molecule has 0 unspecified atom stereocenters. The molecule has 1 heterocycles. The molecule has 0 saturated heterocycles. The smallest absolute Gasteiger partial charge is 0.142 e. The van der Waals surface area contributed by atoms with E-state index >= 15 is 0 Å². The zero-order valence-corrected chi connectivity index (χ0v) is 11.1. The standard InChI is InChI=1S/C15H20N4/c16-10-15(6-2-1-3-7-15)11-4-5-12-13(8-11)18-9-14(17)19-12/h4-5,8-9H,1-3,6-7,10,16H2,(H2,17,19). The molecule has 0 amide bonds. The minimum Gasteiger partial charge on any atom is -0.382 e. The number of anilines is 1.